The predicted octanol–water partition coefficient (Wildman–Crippen LogP) is 6.26. The third kappa shape index (κ3) is 7.56. The summed E-state index contributed by atoms with van der Waals surface area (Å²) in [6.45, 7) is 1.90. The van der Waals surface area contributed by atoms with Crippen molar-refractivity contribution >= 4 is 22.7 Å². The fraction of sp³-hybridized carbons (Fsp3) is 0.429. The Bertz CT molecular complexity index is 1300. The van der Waals surface area contributed by atoms with Gasteiger partial charge < -0.3 is 15.2 Å². The number of ketones is 1. The topological polar surface area (TPSA) is 68.4 Å². The molecule has 3 rings (SSSR count). The Morgan fingerprint density at radius 2 is 1.55 bits per heavy atom. The van der Waals surface area contributed by atoms with Gasteiger partial charge in [0.15, 0.2) is 5.78 Å². The lowest BCUT2D eigenvalue weighted by atomic mass is 9.96. The Labute approximate surface area is 228 Å². The van der Waals surface area contributed by atoms with Crippen LogP contribution in [0, 0.1) is 0 Å². The quantitative estimate of drug-likeness (QED) is 0.224. The minimum absolute atomic E-state index is 0.0517. The zero-order valence-electron chi connectivity index (χ0n) is 22.6. The summed E-state index contributed by atoms with van der Waals surface area (Å²) in [6.07, 6.45) is -8.59. The number of fused-ring (bicyclic) bond motifs is 1. The minimum Gasteiger partial charge on any atom is -0.361 e. The molecule has 2 aromatic carbocycles. The average Bonchev–Trinajstić information content (AvgIpc) is 3.28. The smallest absolute Gasteiger partial charge is 0.361 e. The molecule has 0 fully saturated rings. The van der Waals surface area contributed by atoms with Gasteiger partial charge in [-0.05, 0) is 62.3 Å². The van der Waals surface area contributed by atoms with Gasteiger partial charge in [0.2, 0.25) is 0 Å². The summed E-state index contributed by atoms with van der Waals surface area (Å²) >= 11 is 0. The lowest BCUT2D eigenvalue weighted by Gasteiger charge is -2.33. The number of rotatable bonds is 10. The summed E-state index contributed by atoms with van der Waals surface area (Å²) in [5.41, 5.74) is -1.61. The molecule has 2 unspecified atom stereocenters. The standard InChI is InChI=1S/C28H32F6N4O2/c1-5-25(37(2)3)38(4)26(40)36-23(14-18-16-35-22-9-7-6-8-21(18)22)24(39)11-10-17-12-19(27(29,30)31)15-20(13-17)28(32,33)34/h6-9,12-13,15-16,23,25,35H,5,10-11,14H2,1-4H3,(H,36,40). The van der Waals surface area contributed by atoms with Gasteiger partial charge >= 0.3 is 18.4 Å². The van der Waals surface area contributed by atoms with Gasteiger partial charge in [0, 0.05) is 37.0 Å². The van der Waals surface area contributed by atoms with Gasteiger partial charge in [-0.2, -0.15) is 26.3 Å². The van der Waals surface area contributed by atoms with Gasteiger partial charge in [-0.1, -0.05) is 25.1 Å². The van der Waals surface area contributed by atoms with Crippen molar-refractivity contribution in [1.82, 2.24) is 20.1 Å². The second-order valence-corrected chi connectivity index (χ2v) is 9.91. The number of hydrogen-bond acceptors (Lipinski definition) is 3. The first-order valence-corrected chi connectivity index (χ1v) is 12.7. The number of benzene rings is 2. The zero-order valence-corrected chi connectivity index (χ0v) is 22.6. The number of Topliss-reactive ketones (excluding diaryl/α,β-unsaturated/α-hetero) is 1. The number of halogens is 6. The molecule has 2 atom stereocenters. The van der Waals surface area contributed by atoms with E-state index in [2.05, 4.69) is 10.3 Å². The number of carbonyl (C=O) groups excluding carboxylic acids is 2. The van der Waals surface area contributed by atoms with E-state index in [9.17, 15) is 35.9 Å². The number of para-hydroxylation sites is 1. The Morgan fingerprint density at radius 3 is 2.10 bits per heavy atom. The molecule has 0 saturated carbocycles. The molecule has 2 amide bonds. The molecule has 0 saturated heterocycles. The van der Waals surface area contributed by atoms with Gasteiger partial charge in [-0.25, -0.2) is 4.79 Å². The molecule has 0 spiro atoms. The van der Waals surface area contributed by atoms with Gasteiger partial charge in [0.25, 0.3) is 0 Å². The summed E-state index contributed by atoms with van der Waals surface area (Å²) in [6, 6.07) is 7.03. The highest BCUT2D eigenvalue weighted by atomic mass is 19.4. The molecule has 0 bridgehead atoms. The second kappa shape index (κ2) is 12.3. The minimum atomic E-state index is -4.99. The molecule has 3 aromatic rings. The highest BCUT2D eigenvalue weighted by molar-refractivity contribution is 5.90. The highest BCUT2D eigenvalue weighted by Crippen LogP contribution is 2.36. The molecular formula is C28H32F6N4O2. The van der Waals surface area contributed by atoms with Crippen molar-refractivity contribution in [1.29, 1.82) is 0 Å². The first kappa shape index (κ1) is 31.0. The summed E-state index contributed by atoms with van der Waals surface area (Å²) in [5, 5.41) is 3.56. The molecule has 1 heterocycles. The Kier molecular flexibility index (Phi) is 9.55. The van der Waals surface area contributed by atoms with E-state index in [1.807, 2.05) is 36.1 Å². The molecule has 0 radical (unpaired) electrons. The SMILES string of the molecule is CCC(N(C)C)N(C)C(=O)NC(Cc1c[nH]c2ccccc12)C(=O)CCc1cc(C(F)(F)F)cc(C(F)(F)F)c1. The number of carbonyl (C=O) groups is 2. The predicted molar refractivity (Wildman–Crippen MR) is 140 cm³/mol. The van der Waals surface area contributed by atoms with Crippen LogP contribution < -0.4 is 5.32 Å². The summed E-state index contributed by atoms with van der Waals surface area (Å²) in [4.78, 5) is 32.9. The van der Waals surface area contributed by atoms with Crippen LogP contribution in [0.3, 0.4) is 0 Å². The van der Waals surface area contributed by atoms with Crippen LogP contribution >= 0.6 is 0 Å². The van der Waals surface area contributed by atoms with E-state index in [-0.39, 0.29) is 37.1 Å². The van der Waals surface area contributed by atoms with Crippen molar-refractivity contribution in [3.8, 4) is 0 Å². The molecule has 0 aliphatic heterocycles. The van der Waals surface area contributed by atoms with Crippen LogP contribution in [-0.4, -0.2) is 59.9 Å². The third-order valence-electron chi connectivity index (χ3n) is 6.82. The maximum atomic E-state index is 13.4. The Hall–Kier alpha value is -3.54. The number of urea groups is 1. The van der Waals surface area contributed by atoms with Crippen molar-refractivity contribution in [2.45, 2.75) is 57.2 Å². The number of hydrogen-bond donors (Lipinski definition) is 2. The van der Waals surface area contributed by atoms with E-state index >= 15 is 0 Å². The van der Waals surface area contributed by atoms with Crippen LogP contribution in [-0.2, 0) is 30.0 Å². The van der Waals surface area contributed by atoms with Crippen molar-refractivity contribution in [3.05, 3.63) is 70.9 Å². The average molecular weight is 571 g/mol. The molecular weight excluding hydrogens is 538 g/mol. The number of aromatic nitrogens is 1. The Balaban J connectivity index is 1.87. The number of H-pyrrole nitrogens is 1. The highest BCUT2D eigenvalue weighted by Gasteiger charge is 2.37. The lowest BCUT2D eigenvalue weighted by molar-refractivity contribution is -0.143. The first-order chi connectivity index (χ1) is 18.6. The number of aromatic amines is 1. The van der Waals surface area contributed by atoms with E-state index < -0.39 is 41.3 Å². The molecule has 218 valence electrons. The molecule has 0 aliphatic carbocycles. The number of aryl methyl sites for hydroxylation is 1. The van der Waals surface area contributed by atoms with Crippen molar-refractivity contribution in [2.24, 2.45) is 0 Å². The fourth-order valence-corrected chi connectivity index (χ4v) is 4.74. The molecule has 40 heavy (non-hydrogen) atoms. The summed E-state index contributed by atoms with van der Waals surface area (Å²) < 4.78 is 79.7. The van der Waals surface area contributed by atoms with E-state index in [1.54, 1.807) is 27.3 Å². The van der Waals surface area contributed by atoms with Crippen molar-refractivity contribution in [2.75, 3.05) is 21.1 Å². The normalized spacial score (nSPS) is 13.9. The summed E-state index contributed by atoms with van der Waals surface area (Å²) in [5.74, 6) is -0.518. The lowest BCUT2D eigenvalue weighted by Crippen LogP contribution is -2.53. The van der Waals surface area contributed by atoms with E-state index in [4.69, 9.17) is 0 Å². The van der Waals surface area contributed by atoms with Crippen LogP contribution in [0.1, 0.15) is 42.0 Å². The van der Waals surface area contributed by atoms with Crippen LogP contribution in [0.15, 0.2) is 48.7 Å². The maximum absolute atomic E-state index is 13.4. The molecule has 12 heteroatoms. The maximum Gasteiger partial charge on any atom is 0.416 e. The largest absolute Gasteiger partial charge is 0.416 e. The van der Waals surface area contributed by atoms with E-state index in [1.165, 1.54) is 4.90 Å². The van der Waals surface area contributed by atoms with Gasteiger partial charge in [-0.15, -0.1) is 0 Å². The van der Waals surface area contributed by atoms with Crippen LogP contribution in [0.5, 0.6) is 0 Å². The number of nitrogens with zero attached hydrogens (tertiary/aromatic N) is 2. The zero-order chi connectivity index (χ0) is 29.8. The Morgan fingerprint density at radius 1 is 0.950 bits per heavy atom. The second-order valence-electron chi connectivity index (χ2n) is 9.91. The first-order valence-electron chi connectivity index (χ1n) is 12.7. The monoisotopic (exact) mass is 570 g/mol. The van der Waals surface area contributed by atoms with Gasteiger partial charge in [-0.3, -0.25) is 9.69 Å². The molecule has 0 aliphatic rings. The third-order valence-corrected chi connectivity index (χ3v) is 6.82. The van der Waals surface area contributed by atoms with Crippen molar-refractivity contribution < 1.29 is 35.9 Å². The van der Waals surface area contributed by atoms with Gasteiger partial charge in [0.05, 0.1) is 23.3 Å². The molecule has 1 aromatic heterocycles. The van der Waals surface area contributed by atoms with Crippen molar-refractivity contribution in [3.63, 3.8) is 0 Å². The number of nitrogens with one attached hydrogen (secondary N) is 2. The number of alkyl halides is 6. The number of amides is 2. The fourth-order valence-electron chi connectivity index (χ4n) is 4.74. The summed E-state index contributed by atoms with van der Waals surface area (Å²) in [7, 11) is 5.19. The van der Waals surface area contributed by atoms with E-state index in [0.29, 0.717) is 18.6 Å². The molecule has 6 nitrogen and oxygen atoms in total. The van der Waals surface area contributed by atoms with Crippen LogP contribution in [0.2, 0.25) is 0 Å². The van der Waals surface area contributed by atoms with E-state index in [0.717, 1.165) is 16.5 Å². The van der Waals surface area contributed by atoms with Gasteiger partial charge in [0.1, 0.15) is 0 Å². The van der Waals surface area contributed by atoms with Crippen LogP contribution in [0.25, 0.3) is 10.9 Å². The van der Waals surface area contributed by atoms with Crippen LogP contribution in [0.4, 0.5) is 31.1 Å². The molecule has 2 N–H and O–H groups in total.